The van der Waals surface area contributed by atoms with E-state index in [1.807, 2.05) is 19.1 Å². The summed E-state index contributed by atoms with van der Waals surface area (Å²) in [5.41, 5.74) is 2.55. The second kappa shape index (κ2) is 7.93. The minimum absolute atomic E-state index is 0.205. The lowest BCUT2D eigenvalue weighted by atomic mass is 10.1. The van der Waals surface area contributed by atoms with Crippen molar-refractivity contribution in [2.24, 2.45) is 0 Å². The van der Waals surface area contributed by atoms with Gasteiger partial charge in [0.05, 0.1) is 32.0 Å². The third-order valence-electron chi connectivity index (χ3n) is 4.94. The molecule has 4 rings (SSSR count). The number of likely N-dealkylation sites (tertiary alicyclic amines) is 1. The van der Waals surface area contributed by atoms with Crippen LogP contribution in [0.2, 0.25) is 0 Å². The molecule has 0 N–H and O–H groups in total. The summed E-state index contributed by atoms with van der Waals surface area (Å²) in [7, 11) is 3.32. The quantitative estimate of drug-likeness (QED) is 0.644. The number of aryl methyl sites for hydroxylation is 1. The molecule has 0 amide bonds. The van der Waals surface area contributed by atoms with Gasteiger partial charge in [0.15, 0.2) is 11.5 Å². The van der Waals surface area contributed by atoms with E-state index in [-0.39, 0.29) is 5.92 Å². The first kappa shape index (κ1) is 18.4. The minimum Gasteiger partial charge on any atom is -0.493 e. The predicted octanol–water partition coefficient (Wildman–Crippen LogP) is 2.84. The Morgan fingerprint density at radius 2 is 2.04 bits per heavy atom. The van der Waals surface area contributed by atoms with Crippen LogP contribution in [0.1, 0.15) is 29.5 Å². The highest BCUT2D eigenvalue weighted by Crippen LogP contribution is 2.34. The minimum atomic E-state index is 0.205. The number of methoxy groups -OCH3 is 2. The van der Waals surface area contributed by atoms with Gasteiger partial charge in [0.2, 0.25) is 5.89 Å². The van der Waals surface area contributed by atoms with Crippen molar-refractivity contribution in [1.29, 1.82) is 0 Å². The van der Waals surface area contributed by atoms with Crippen molar-refractivity contribution < 1.29 is 13.9 Å². The average molecular weight is 381 g/mol. The molecule has 28 heavy (non-hydrogen) atoms. The van der Waals surface area contributed by atoms with Gasteiger partial charge in [-0.15, -0.1) is 10.2 Å². The summed E-state index contributed by atoms with van der Waals surface area (Å²) in [5, 5.41) is 8.39. The molecule has 1 fully saturated rings. The van der Waals surface area contributed by atoms with Crippen molar-refractivity contribution in [2.45, 2.75) is 25.8 Å². The maximum absolute atomic E-state index is 5.88. The maximum atomic E-state index is 5.88. The fraction of sp³-hybridized carbons (Fsp3) is 0.400. The van der Waals surface area contributed by atoms with Crippen LogP contribution >= 0.6 is 0 Å². The van der Waals surface area contributed by atoms with Gasteiger partial charge in [-0.05, 0) is 26.0 Å². The first-order valence-electron chi connectivity index (χ1n) is 9.22. The largest absolute Gasteiger partial charge is 0.493 e. The van der Waals surface area contributed by atoms with Gasteiger partial charge >= 0.3 is 0 Å². The fourth-order valence-corrected chi connectivity index (χ4v) is 3.50. The van der Waals surface area contributed by atoms with Crippen molar-refractivity contribution in [2.75, 3.05) is 27.3 Å². The van der Waals surface area contributed by atoms with Crippen LogP contribution < -0.4 is 9.47 Å². The Hall–Kier alpha value is -3.00. The van der Waals surface area contributed by atoms with Gasteiger partial charge in [0.1, 0.15) is 5.69 Å². The van der Waals surface area contributed by atoms with Crippen molar-refractivity contribution in [3.8, 4) is 23.1 Å². The van der Waals surface area contributed by atoms with E-state index in [2.05, 4.69) is 31.1 Å². The summed E-state index contributed by atoms with van der Waals surface area (Å²) < 4.78 is 16.8. The Morgan fingerprint density at radius 1 is 1.14 bits per heavy atom. The van der Waals surface area contributed by atoms with E-state index in [0.29, 0.717) is 17.5 Å². The van der Waals surface area contributed by atoms with Crippen LogP contribution in [0.3, 0.4) is 0 Å². The number of hydrogen-bond acceptors (Lipinski definition) is 8. The van der Waals surface area contributed by atoms with Crippen LogP contribution in [0.25, 0.3) is 11.6 Å². The van der Waals surface area contributed by atoms with Gasteiger partial charge in [-0.3, -0.25) is 9.88 Å². The number of aromatic nitrogens is 4. The van der Waals surface area contributed by atoms with E-state index in [0.717, 1.165) is 48.8 Å². The molecule has 1 unspecified atom stereocenters. The lowest BCUT2D eigenvalue weighted by Gasteiger charge is -2.18. The van der Waals surface area contributed by atoms with Crippen molar-refractivity contribution in [3.05, 3.63) is 47.7 Å². The molecular weight excluding hydrogens is 358 g/mol. The standard InChI is InChI=1S/C20H23N5O3/c1-13-9-22-16(10-21-13)20-24-23-19(28-20)15-7-8-25(12-15)11-14-5-4-6-17(26-2)18(14)27-3/h4-6,9-10,15H,7-8,11-12H2,1-3H3. The zero-order chi connectivity index (χ0) is 19.5. The molecule has 1 atom stereocenters. The highest BCUT2D eigenvalue weighted by molar-refractivity contribution is 5.46. The van der Waals surface area contributed by atoms with Crippen LogP contribution in [-0.2, 0) is 6.54 Å². The van der Waals surface area contributed by atoms with Crippen molar-refractivity contribution in [1.82, 2.24) is 25.1 Å². The molecule has 8 heteroatoms. The Morgan fingerprint density at radius 3 is 2.79 bits per heavy atom. The molecule has 2 aromatic heterocycles. The second-order valence-corrected chi connectivity index (χ2v) is 6.86. The van der Waals surface area contributed by atoms with E-state index in [1.54, 1.807) is 26.6 Å². The number of hydrogen-bond donors (Lipinski definition) is 0. The monoisotopic (exact) mass is 381 g/mol. The van der Waals surface area contributed by atoms with Crippen LogP contribution in [0.5, 0.6) is 11.5 Å². The normalized spacial score (nSPS) is 17.0. The maximum Gasteiger partial charge on any atom is 0.267 e. The van der Waals surface area contributed by atoms with Gasteiger partial charge in [0, 0.05) is 24.8 Å². The third kappa shape index (κ3) is 3.68. The second-order valence-electron chi connectivity index (χ2n) is 6.86. The molecule has 3 heterocycles. The molecule has 3 aromatic rings. The Balaban J connectivity index is 1.44. The topological polar surface area (TPSA) is 86.4 Å². The molecule has 0 radical (unpaired) electrons. The summed E-state index contributed by atoms with van der Waals surface area (Å²) in [4.78, 5) is 10.9. The van der Waals surface area contributed by atoms with E-state index < -0.39 is 0 Å². The van der Waals surface area contributed by atoms with E-state index >= 15 is 0 Å². The van der Waals surface area contributed by atoms with Crippen LogP contribution in [0, 0.1) is 6.92 Å². The molecule has 0 spiro atoms. The fourth-order valence-electron chi connectivity index (χ4n) is 3.50. The Bertz CT molecular complexity index is 941. The summed E-state index contributed by atoms with van der Waals surface area (Å²) in [5.74, 6) is 2.80. The average Bonchev–Trinajstić information content (AvgIpc) is 3.38. The molecule has 0 bridgehead atoms. The lowest BCUT2D eigenvalue weighted by Crippen LogP contribution is -2.20. The molecular formula is C20H23N5O3. The molecule has 1 saturated heterocycles. The molecule has 1 aliphatic heterocycles. The first-order chi connectivity index (χ1) is 13.7. The summed E-state index contributed by atoms with van der Waals surface area (Å²) >= 11 is 0. The first-order valence-corrected chi connectivity index (χ1v) is 9.22. The molecule has 1 aromatic carbocycles. The third-order valence-corrected chi connectivity index (χ3v) is 4.94. The van der Waals surface area contributed by atoms with Gasteiger partial charge in [0.25, 0.3) is 5.89 Å². The van der Waals surface area contributed by atoms with E-state index in [1.165, 1.54) is 0 Å². The molecule has 0 saturated carbocycles. The zero-order valence-corrected chi connectivity index (χ0v) is 16.3. The number of ether oxygens (including phenoxy) is 2. The summed E-state index contributed by atoms with van der Waals surface area (Å²) in [6, 6.07) is 5.95. The highest BCUT2D eigenvalue weighted by atomic mass is 16.5. The van der Waals surface area contributed by atoms with Crippen molar-refractivity contribution in [3.63, 3.8) is 0 Å². The van der Waals surface area contributed by atoms with Crippen LogP contribution in [0.4, 0.5) is 0 Å². The van der Waals surface area contributed by atoms with Gasteiger partial charge in [-0.2, -0.15) is 0 Å². The van der Waals surface area contributed by atoms with Gasteiger partial charge in [-0.25, -0.2) is 4.98 Å². The number of benzene rings is 1. The molecule has 146 valence electrons. The Labute approximate surface area is 163 Å². The van der Waals surface area contributed by atoms with E-state index in [4.69, 9.17) is 13.9 Å². The Kier molecular flexibility index (Phi) is 5.21. The summed E-state index contributed by atoms with van der Waals surface area (Å²) in [6.07, 6.45) is 4.31. The smallest absolute Gasteiger partial charge is 0.267 e. The highest BCUT2D eigenvalue weighted by Gasteiger charge is 2.29. The van der Waals surface area contributed by atoms with Gasteiger partial charge in [-0.1, -0.05) is 12.1 Å². The summed E-state index contributed by atoms with van der Waals surface area (Å²) in [6.45, 7) is 4.47. The van der Waals surface area contributed by atoms with Crippen LogP contribution in [0.15, 0.2) is 35.0 Å². The van der Waals surface area contributed by atoms with E-state index in [9.17, 15) is 0 Å². The number of para-hydroxylation sites is 1. The SMILES string of the molecule is COc1cccc(CN2CCC(c3nnc(-c4cnc(C)cn4)o3)C2)c1OC. The number of rotatable bonds is 6. The van der Waals surface area contributed by atoms with Crippen LogP contribution in [-0.4, -0.2) is 52.4 Å². The lowest BCUT2D eigenvalue weighted by molar-refractivity contribution is 0.305. The van der Waals surface area contributed by atoms with Crippen molar-refractivity contribution >= 4 is 0 Å². The molecule has 8 nitrogen and oxygen atoms in total. The predicted molar refractivity (Wildman–Crippen MR) is 102 cm³/mol. The zero-order valence-electron chi connectivity index (χ0n) is 16.3. The van der Waals surface area contributed by atoms with Gasteiger partial charge < -0.3 is 13.9 Å². The molecule has 0 aliphatic carbocycles. The number of nitrogens with zero attached hydrogens (tertiary/aromatic N) is 5. The molecule has 1 aliphatic rings.